The fourth-order valence-corrected chi connectivity index (χ4v) is 4.46. The van der Waals surface area contributed by atoms with Crippen molar-refractivity contribution >= 4 is 0 Å². The van der Waals surface area contributed by atoms with Gasteiger partial charge in [0.1, 0.15) is 5.75 Å². The summed E-state index contributed by atoms with van der Waals surface area (Å²) in [4.78, 5) is 0. The Labute approximate surface area is 160 Å². The van der Waals surface area contributed by atoms with Gasteiger partial charge < -0.3 is 4.74 Å². The van der Waals surface area contributed by atoms with Crippen LogP contribution >= 0.6 is 0 Å². The summed E-state index contributed by atoms with van der Waals surface area (Å²) in [6, 6.07) is 2.53. The molecular formula is C22H32F4O. The lowest BCUT2D eigenvalue weighted by Gasteiger charge is -2.38. The van der Waals surface area contributed by atoms with E-state index in [1.165, 1.54) is 25.7 Å². The van der Waals surface area contributed by atoms with E-state index in [-0.39, 0.29) is 5.75 Å². The molecule has 0 bridgehead atoms. The van der Waals surface area contributed by atoms with E-state index in [4.69, 9.17) is 4.74 Å². The number of hydrogen-bond acceptors (Lipinski definition) is 1. The van der Waals surface area contributed by atoms with Crippen molar-refractivity contribution in [2.24, 2.45) is 23.7 Å². The summed E-state index contributed by atoms with van der Waals surface area (Å²) < 4.78 is 59.6. The zero-order valence-corrected chi connectivity index (χ0v) is 16.6. The first kappa shape index (κ1) is 22.0. The Kier molecular flexibility index (Phi) is 7.99. The van der Waals surface area contributed by atoms with Crippen LogP contribution in [0.5, 0.6) is 5.75 Å². The molecule has 0 radical (unpaired) electrons. The first-order valence-corrected chi connectivity index (χ1v) is 10.4. The van der Waals surface area contributed by atoms with Gasteiger partial charge in [0.15, 0.2) is 11.6 Å². The van der Waals surface area contributed by atoms with Crippen LogP contribution in [-0.2, 0) is 0 Å². The fraction of sp³-hybridized carbons (Fsp3) is 0.727. The summed E-state index contributed by atoms with van der Waals surface area (Å²) >= 11 is 0. The summed E-state index contributed by atoms with van der Waals surface area (Å²) in [5.41, 5.74) is 0. The number of rotatable bonds is 4. The lowest BCUT2D eigenvalue weighted by Crippen LogP contribution is -2.38. The Morgan fingerprint density at radius 1 is 0.815 bits per heavy atom. The fourth-order valence-electron chi connectivity index (χ4n) is 4.46. The van der Waals surface area contributed by atoms with Crippen molar-refractivity contribution < 1.29 is 22.3 Å². The average Bonchev–Trinajstić information content (AvgIpc) is 2.67. The maximum atomic E-state index is 14.4. The lowest BCUT2D eigenvalue weighted by molar-refractivity contribution is -0.224. The van der Waals surface area contributed by atoms with E-state index in [1.807, 2.05) is 13.8 Å². The van der Waals surface area contributed by atoms with Crippen molar-refractivity contribution in [3.05, 3.63) is 29.8 Å². The highest BCUT2D eigenvalue weighted by atomic mass is 19.3. The van der Waals surface area contributed by atoms with Crippen LogP contribution in [-0.4, -0.2) is 6.11 Å². The van der Waals surface area contributed by atoms with E-state index in [0.717, 1.165) is 30.9 Å². The molecule has 3 rings (SSSR count). The van der Waals surface area contributed by atoms with Gasteiger partial charge in [-0.2, -0.15) is 8.78 Å². The highest BCUT2D eigenvalue weighted by Crippen LogP contribution is 2.45. The Morgan fingerprint density at radius 3 is 1.85 bits per heavy atom. The van der Waals surface area contributed by atoms with Crippen LogP contribution in [0.3, 0.4) is 0 Å². The number of halogens is 4. The number of alkyl halides is 2. The van der Waals surface area contributed by atoms with Gasteiger partial charge in [0.05, 0.1) is 5.92 Å². The second-order valence-corrected chi connectivity index (χ2v) is 7.87. The van der Waals surface area contributed by atoms with Crippen LogP contribution in [0.2, 0.25) is 0 Å². The minimum Gasteiger partial charge on any atom is -0.432 e. The van der Waals surface area contributed by atoms with E-state index < -0.39 is 23.7 Å². The van der Waals surface area contributed by atoms with Gasteiger partial charge in [0.25, 0.3) is 0 Å². The van der Waals surface area contributed by atoms with Gasteiger partial charge in [-0.25, -0.2) is 8.78 Å². The van der Waals surface area contributed by atoms with Gasteiger partial charge >= 0.3 is 6.11 Å². The van der Waals surface area contributed by atoms with Crippen molar-refractivity contribution in [1.82, 2.24) is 0 Å². The van der Waals surface area contributed by atoms with Gasteiger partial charge in [-0.05, 0) is 68.4 Å². The zero-order chi connectivity index (χ0) is 20.0. The number of benzene rings is 1. The maximum Gasteiger partial charge on any atom is 0.400 e. The molecule has 0 amide bonds. The van der Waals surface area contributed by atoms with Gasteiger partial charge in [-0.3, -0.25) is 0 Å². The quantitative estimate of drug-likeness (QED) is 0.483. The topological polar surface area (TPSA) is 9.23 Å². The predicted molar refractivity (Wildman–Crippen MR) is 99.9 cm³/mol. The highest BCUT2D eigenvalue weighted by molar-refractivity contribution is 5.24. The van der Waals surface area contributed by atoms with E-state index in [0.29, 0.717) is 30.7 Å². The van der Waals surface area contributed by atoms with Gasteiger partial charge in [0.2, 0.25) is 0 Å². The van der Waals surface area contributed by atoms with Crippen LogP contribution in [0, 0.1) is 35.3 Å². The molecule has 0 N–H and O–H groups in total. The molecule has 0 atom stereocenters. The summed E-state index contributed by atoms with van der Waals surface area (Å²) in [7, 11) is 0. The summed E-state index contributed by atoms with van der Waals surface area (Å²) in [5.74, 6) is -1.42. The molecule has 0 heterocycles. The average molecular weight is 388 g/mol. The molecule has 2 aliphatic rings. The smallest absolute Gasteiger partial charge is 0.400 e. The van der Waals surface area contributed by atoms with Crippen molar-refractivity contribution in [2.45, 2.75) is 78.2 Å². The lowest BCUT2D eigenvalue weighted by atomic mass is 9.69. The molecule has 5 heteroatoms. The molecule has 0 spiro atoms. The summed E-state index contributed by atoms with van der Waals surface area (Å²) in [6.45, 7) is 6.28. The molecule has 1 aromatic carbocycles. The van der Waals surface area contributed by atoms with Crippen LogP contribution in [0.1, 0.15) is 72.1 Å². The predicted octanol–water partition coefficient (Wildman–Crippen LogP) is 7.60. The third-order valence-electron chi connectivity index (χ3n) is 6.12. The SMILES string of the molecule is CC.CC1CCC(C2CCC(C(F)(F)Oc3ccc(F)c(F)c3)CC2)CC1. The van der Waals surface area contributed by atoms with Crippen molar-refractivity contribution in [1.29, 1.82) is 0 Å². The molecule has 0 unspecified atom stereocenters. The molecule has 0 aliphatic heterocycles. The number of hydrogen-bond donors (Lipinski definition) is 0. The van der Waals surface area contributed by atoms with Gasteiger partial charge in [0, 0.05) is 6.07 Å². The molecule has 0 saturated heterocycles. The second kappa shape index (κ2) is 9.79. The van der Waals surface area contributed by atoms with Crippen LogP contribution < -0.4 is 4.74 Å². The minimum atomic E-state index is -3.35. The first-order chi connectivity index (χ1) is 12.8. The summed E-state index contributed by atoms with van der Waals surface area (Å²) in [6.07, 6.45) is 4.05. The van der Waals surface area contributed by atoms with Crippen molar-refractivity contribution in [3.8, 4) is 5.75 Å². The minimum absolute atomic E-state index is 0.327. The molecule has 1 aromatic rings. The maximum absolute atomic E-state index is 14.4. The molecule has 2 aliphatic carbocycles. The van der Waals surface area contributed by atoms with Crippen LogP contribution in [0.4, 0.5) is 17.6 Å². The van der Waals surface area contributed by atoms with Gasteiger partial charge in [-0.1, -0.05) is 33.6 Å². The Hall–Kier alpha value is -1.26. The molecule has 154 valence electrons. The zero-order valence-electron chi connectivity index (χ0n) is 16.6. The Balaban J connectivity index is 0.00000126. The van der Waals surface area contributed by atoms with Crippen molar-refractivity contribution in [3.63, 3.8) is 0 Å². The Bertz CT molecular complexity index is 574. The molecule has 2 saturated carbocycles. The molecule has 0 aromatic heterocycles. The molecule has 27 heavy (non-hydrogen) atoms. The monoisotopic (exact) mass is 388 g/mol. The Morgan fingerprint density at radius 2 is 1.33 bits per heavy atom. The highest BCUT2D eigenvalue weighted by Gasteiger charge is 2.45. The van der Waals surface area contributed by atoms with E-state index >= 15 is 0 Å². The normalized spacial score (nSPS) is 28.9. The second-order valence-electron chi connectivity index (χ2n) is 7.87. The first-order valence-electron chi connectivity index (χ1n) is 10.4. The van der Waals surface area contributed by atoms with E-state index in [1.54, 1.807) is 0 Å². The van der Waals surface area contributed by atoms with E-state index in [2.05, 4.69) is 6.92 Å². The molecule has 2 fully saturated rings. The third kappa shape index (κ3) is 5.86. The largest absolute Gasteiger partial charge is 0.432 e. The van der Waals surface area contributed by atoms with Crippen molar-refractivity contribution in [2.75, 3.05) is 0 Å². The van der Waals surface area contributed by atoms with Crippen LogP contribution in [0.25, 0.3) is 0 Å². The third-order valence-corrected chi connectivity index (χ3v) is 6.12. The van der Waals surface area contributed by atoms with Crippen LogP contribution in [0.15, 0.2) is 18.2 Å². The summed E-state index contributed by atoms with van der Waals surface area (Å²) in [5, 5.41) is 0. The van der Waals surface area contributed by atoms with E-state index in [9.17, 15) is 17.6 Å². The molecule has 1 nitrogen and oxygen atoms in total. The van der Waals surface area contributed by atoms with Gasteiger partial charge in [-0.15, -0.1) is 0 Å². The number of ether oxygens (including phenoxy) is 1. The standard InChI is InChI=1S/C20H26F4O.C2H6/c1-13-2-4-14(5-3-13)15-6-8-16(9-7-15)20(23,24)25-17-10-11-18(21)19(22)12-17;1-2/h10-16H,2-9H2,1H3;1-2H3. The molecular weight excluding hydrogens is 356 g/mol.